The second kappa shape index (κ2) is 20.8. The molecule has 0 aromatic heterocycles. The lowest BCUT2D eigenvalue weighted by Crippen LogP contribution is -2.26. The number of phosphoric ester groups is 1. The van der Waals surface area contributed by atoms with Crippen LogP contribution < -0.4 is 4.89 Å². The van der Waals surface area contributed by atoms with Crippen LogP contribution in [0.2, 0.25) is 0 Å². The lowest BCUT2D eigenvalue weighted by Gasteiger charge is -2.24. The fourth-order valence-corrected chi connectivity index (χ4v) is 3.52. The Hall–Kier alpha value is -0.800. The first-order valence-corrected chi connectivity index (χ1v) is 13.1. The number of aliphatic hydroxyl groups is 3. The molecule has 0 aliphatic carbocycles. The van der Waals surface area contributed by atoms with Crippen molar-refractivity contribution < 1.29 is 43.4 Å². The van der Waals surface area contributed by atoms with Gasteiger partial charge in [0.05, 0.1) is 19.8 Å². The third kappa shape index (κ3) is 21.1. The highest BCUT2D eigenvalue weighted by Crippen LogP contribution is 2.38. The van der Waals surface area contributed by atoms with Crippen molar-refractivity contribution in [1.82, 2.24) is 0 Å². The summed E-state index contributed by atoms with van der Waals surface area (Å²) >= 11 is 0. The summed E-state index contributed by atoms with van der Waals surface area (Å²) in [6, 6.07) is 0. The van der Waals surface area contributed by atoms with Crippen LogP contribution in [-0.2, 0) is 23.1 Å². The van der Waals surface area contributed by atoms with E-state index in [1.165, 1.54) is 32.1 Å². The van der Waals surface area contributed by atoms with Crippen LogP contribution in [-0.4, -0.2) is 59.9 Å². The van der Waals surface area contributed by atoms with E-state index in [9.17, 15) is 19.4 Å². The maximum atomic E-state index is 11.7. The zero-order chi connectivity index (χ0) is 24.1. The number of rotatable bonds is 22. The van der Waals surface area contributed by atoms with Crippen molar-refractivity contribution in [2.75, 3.05) is 26.4 Å². The first-order chi connectivity index (χ1) is 15.3. The number of unbranched alkanes of at least 4 members (excludes halogenated alkanes) is 9. The van der Waals surface area contributed by atoms with Gasteiger partial charge in [0.1, 0.15) is 18.8 Å². The quantitative estimate of drug-likeness (QED) is 0.0919. The molecule has 0 aliphatic heterocycles. The number of ether oxygens (including phenoxy) is 1. The zero-order valence-electron chi connectivity index (χ0n) is 19.4. The lowest BCUT2D eigenvalue weighted by molar-refractivity contribution is -0.229. The summed E-state index contributed by atoms with van der Waals surface area (Å²) in [6.45, 7) is -0.126. The Bertz CT molecular complexity index is 528. The van der Waals surface area contributed by atoms with Gasteiger partial charge in [0, 0.05) is 6.42 Å². The number of carbonyl (C=O) groups excluding carboxylic acids is 1. The van der Waals surface area contributed by atoms with Crippen molar-refractivity contribution in [1.29, 1.82) is 0 Å². The topological polar surface area (TPSA) is 146 Å². The smallest absolute Gasteiger partial charge is 0.305 e. The molecule has 0 rings (SSSR count). The van der Waals surface area contributed by atoms with Crippen LogP contribution in [0.1, 0.15) is 84.0 Å². The second-order valence-electron chi connectivity index (χ2n) is 7.84. The molecule has 0 aromatic rings. The van der Waals surface area contributed by atoms with Crippen LogP contribution in [0.3, 0.4) is 0 Å². The number of phosphoric acid groups is 1. The summed E-state index contributed by atoms with van der Waals surface area (Å²) in [5.74, 6) is -0.456. The molecule has 32 heavy (non-hydrogen) atoms. The summed E-state index contributed by atoms with van der Waals surface area (Å²) in [7, 11) is -4.73. The van der Waals surface area contributed by atoms with Crippen LogP contribution >= 0.6 is 7.82 Å². The van der Waals surface area contributed by atoms with E-state index in [0.29, 0.717) is 6.42 Å². The molecule has 0 bridgehead atoms. The van der Waals surface area contributed by atoms with Gasteiger partial charge < -0.3 is 34.0 Å². The number of carbonyl (C=O) groups is 1. The third-order valence-electron chi connectivity index (χ3n) is 4.64. The Balaban J connectivity index is 3.61. The molecule has 0 radical (unpaired) electrons. The molecule has 190 valence electrons. The SMILES string of the molecule is CCCCCCC=CCCCCCCCC(=O)OC[C@@H](O)COP(=O)([O-])OC[C@@H](O)CO. The molecule has 0 aliphatic rings. The summed E-state index contributed by atoms with van der Waals surface area (Å²) in [5, 5.41) is 27.3. The summed E-state index contributed by atoms with van der Waals surface area (Å²) in [6.07, 6.45) is 14.5. The molecule has 0 amide bonds. The van der Waals surface area contributed by atoms with Gasteiger partial charge in [-0.05, 0) is 32.1 Å². The number of aliphatic hydroxyl groups excluding tert-OH is 3. The predicted molar refractivity (Wildman–Crippen MR) is 120 cm³/mol. The van der Waals surface area contributed by atoms with Gasteiger partial charge in [-0.1, -0.05) is 57.6 Å². The van der Waals surface area contributed by atoms with Crippen molar-refractivity contribution in [3.8, 4) is 0 Å². The number of hydrogen-bond donors (Lipinski definition) is 3. The molecule has 3 atom stereocenters. The number of hydrogen-bond acceptors (Lipinski definition) is 9. The first-order valence-electron chi connectivity index (χ1n) is 11.7. The third-order valence-corrected chi connectivity index (χ3v) is 5.57. The summed E-state index contributed by atoms with van der Waals surface area (Å²) < 4.78 is 25.1. The van der Waals surface area contributed by atoms with Crippen LogP contribution in [0.25, 0.3) is 0 Å². The minimum absolute atomic E-state index is 0.243. The molecule has 0 fully saturated rings. The van der Waals surface area contributed by atoms with E-state index < -0.39 is 45.8 Å². The van der Waals surface area contributed by atoms with E-state index in [4.69, 9.17) is 14.9 Å². The number of esters is 1. The van der Waals surface area contributed by atoms with E-state index in [1.807, 2.05) is 0 Å². The van der Waals surface area contributed by atoms with Crippen molar-refractivity contribution >= 4 is 13.8 Å². The molecule has 9 nitrogen and oxygen atoms in total. The van der Waals surface area contributed by atoms with Crippen LogP contribution in [0.15, 0.2) is 12.2 Å². The van der Waals surface area contributed by atoms with Crippen LogP contribution in [0.4, 0.5) is 0 Å². The fourth-order valence-electron chi connectivity index (χ4n) is 2.74. The van der Waals surface area contributed by atoms with Gasteiger partial charge in [0.2, 0.25) is 0 Å². The van der Waals surface area contributed by atoms with Crippen LogP contribution in [0, 0.1) is 0 Å². The van der Waals surface area contributed by atoms with Crippen molar-refractivity contribution in [3.63, 3.8) is 0 Å². The molecule has 3 N–H and O–H groups in total. The lowest BCUT2D eigenvalue weighted by atomic mass is 10.1. The fraction of sp³-hybridized carbons (Fsp3) is 0.864. The average Bonchev–Trinajstić information content (AvgIpc) is 2.77. The molecule has 0 saturated carbocycles. The largest absolute Gasteiger partial charge is 0.756 e. The normalized spacial score (nSPS) is 15.5. The van der Waals surface area contributed by atoms with Gasteiger partial charge in [-0.3, -0.25) is 9.36 Å². The standard InChI is InChI=1S/C22H43O9P/c1-2-3-4-5-6-7-8-9-10-11-12-13-14-15-22(26)29-17-21(25)19-31-32(27,28)30-18-20(24)16-23/h7-8,20-21,23-25H,2-6,9-19H2,1H3,(H,27,28)/p-1/t20-,21+/m0/s1. The molecular weight excluding hydrogens is 439 g/mol. The summed E-state index contributed by atoms with van der Waals surface area (Å²) in [4.78, 5) is 23.1. The van der Waals surface area contributed by atoms with E-state index in [0.717, 1.165) is 32.1 Å². The van der Waals surface area contributed by atoms with Crippen molar-refractivity contribution in [2.45, 2.75) is 96.2 Å². The van der Waals surface area contributed by atoms with E-state index in [2.05, 4.69) is 28.1 Å². The molecule has 0 saturated heterocycles. The second-order valence-corrected chi connectivity index (χ2v) is 9.25. The van der Waals surface area contributed by atoms with Gasteiger partial charge >= 0.3 is 5.97 Å². The molecule has 1 unspecified atom stereocenters. The van der Waals surface area contributed by atoms with Gasteiger partial charge in [-0.15, -0.1) is 0 Å². The minimum atomic E-state index is -4.73. The van der Waals surface area contributed by atoms with Gasteiger partial charge in [-0.25, -0.2) is 0 Å². The van der Waals surface area contributed by atoms with E-state index >= 15 is 0 Å². The Morgan fingerprint density at radius 3 is 2.00 bits per heavy atom. The molecular formula is C22H42O9P-. The Labute approximate surface area is 192 Å². The summed E-state index contributed by atoms with van der Waals surface area (Å²) in [5.41, 5.74) is 0. The highest BCUT2D eigenvalue weighted by atomic mass is 31.2. The molecule has 0 spiro atoms. The Morgan fingerprint density at radius 1 is 0.875 bits per heavy atom. The zero-order valence-corrected chi connectivity index (χ0v) is 20.3. The highest BCUT2D eigenvalue weighted by molar-refractivity contribution is 7.45. The minimum Gasteiger partial charge on any atom is -0.756 e. The predicted octanol–water partition coefficient (Wildman–Crippen LogP) is 3.00. The highest BCUT2D eigenvalue weighted by Gasteiger charge is 2.16. The first kappa shape index (κ1) is 31.2. The number of allylic oxidation sites excluding steroid dienone is 2. The monoisotopic (exact) mass is 481 g/mol. The Kier molecular flexibility index (Phi) is 20.3. The molecule has 0 heterocycles. The van der Waals surface area contributed by atoms with Crippen molar-refractivity contribution in [2.24, 2.45) is 0 Å². The maximum absolute atomic E-state index is 11.7. The Morgan fingerprint density at radius 2 is 1.41 bits per heavy atom. The van der Waals surface area contributed by atoms with E-state index in [-0.39, 0.29) is 13.0 Å². The van der Waals surface area contributed by atoms with Crippen LogP contribution in [0.5, 0.6) is 0 Å². The van der Waals surface area contributed by atoms with E-state index in [1.54, 1.807) is 0 Å². The maximum Gasteiger partial charge on any atom is 0.305 e. The van der Waals surface area contributed by atoms with Gasteiger partial charge in [0.15, 0.2) is 0 Å². The average molecular weight is 482 g/mol. The van der Waals surface area contributed by atoms with Gasteiger partial charge in [0.25, 0.3) is 7.82 Å². The van der Waals surface area contributed by atoms with Crippen molar-refractivity contribution in [3.05, 3.63) is 12.2 Å². The molecule has 10 heteroatoms. The van der Waals surface area contributed by atoms with Gasteiger partial charge in [-0.2, -0.15) is 0 Å². The molecule has 0 aromatic carbocycles.